The number of aromatic nitrogens is 2. The lowest BCUT2D eigenvalue weighted by molar-refractivity contribution is -0.384. The van der Waals surface area contributed by atoms with Gasteiger partial charge in [-0.3, -0.25) is 15.1 Å². The van der Waals surface area contributed by atoms with Crippen molar-refractivity contribution in [2.24, 2.45) is 0 Å². The van der Waals surface area contributed by atoms with Crippen molar-refractivity contribution in [1.29, 1.82) is 0 Å². The van der Waals surface area contributed by atoms with E-state index in [1.165, 1.54) is 12.1 Å². The van der Waals surface area contributed by atoms with Gasteiger partial charge in [-0.2, -0.15) is 0 Å². The maximum atomic E-state index is 11.0. The molecule has 0 saturated carbocycles. The number of nitrogens with one attached hydrogen (secondary N) is 1. The molecule has 0 amide bonds. The van der Waals surface area contributed by atoms with Crippen LogP contribution in [0.5, 0.6) is 5.75 Å². The Kier molecular flexibility index (Phi) is 7.41. The molecule has 0 aliphatic carbocycles. The van der Waals surface area contributed by atoms with E-state index in [2.05, 4.69) is 31.9 Å². The third kappa shape index (κ3) is 5.39. The number of pyridine rings is 1. The molecule has 6 rings (SSSR count). The van der Waals surface area contributed by atoms with E-state index in [9.17, 15) is 10.1 Å². The molecule has 0 spiro atoms. The van der Waals surface area contributed by atoms with Crippen molar-refractivity contribution in [2.75, 3.05) is 12.0 Å². The summed E-state index contributed by atoms with van der Waals surface area (Å²) in [6.45, 7) is 0. The highest BCUT2D eigenvalue weighted by atomic mass is 32.2. The Morgan fingerprint density at radius 1 is 0.927 bits per heavy atom. The second-order valence-electron chi connectivity index (χ2n) is 9.35. The summed E-state index contributed by atoms with van der Waals surface area (Å²) in [7, 11) is 1.66. The van der Waals surface area contributed by atoms with Gasteiger partial charge in [0.1, 0.15) is 11.8 Å². The minimum Gasteiger partial charge on any atom is -0.497 e. The monoisotopic (exact) mass is 579 g/mol. The van der Waals surface area contributed by atoms with Gasteiger partial charge in [0.25, 0.3) is 5.69 Å². The molecule has 204 valence electrons. The van der Waals surface area contributed by atoms with Crippen molar-refractivity contribution in [2.45, 2.75) is 21.9 Å². The fourth-order valence-electron chi connectivity index (χ4n) is 5.01. The molecule has 3 aromatic carbocycles. The fourth-order valence-corrected chi connectivity index (χ4v) is 6.17. The number of hydrogen-bond acceptors (Lipinski definition) is 6. The van der Waals surface area contributed by atoms with Crippen LogP contribution >= 0.6 is 24.0 Å². The van der Waals surface area contributed by atoms with Gasteiger partial charge in [-0.15, -0.1) is 0 Å². The highest BCUT2D eigenvalue weighted by molar-refractivity contribution is 7.99. The quantitative estimate of drug-likeness (QED) is 0.118. The Labute approximate surface area is 246 Å². The summed E-state index contributed by atoms with van der Waals surface area (Å²) >= 11 is 7.46. The zero-order chi connectivity index (χ0) is 28.3. The second kappa shape index (κ2) is 11.4. The van der Waals surface area contributed by atoms with Gasteiger partial charge in [-0.05, 0) is 85.0 Å². The smallest absolute Gasteiger partial charge is 0.269 e. The average molecular weight is 580 g/mol. The van der Waals surface area contributed by atoms with Crippen LogP contribution in [0, 0.1) is 10.1 Å². The normalized spacial score (nSPS) is 16.4. The zero-order valence-corrected chi connectivity index (χ0v) is 23.6. The first-order valence-corrected chi connectivity index (χ1v) is 14.1. The van der Waals surface area contributed by atoms with E-state index in [1.54, 1.807) is 37.2 Å². The number of nitro groups is 1. The molecule has 10 heteroatoms. The van der Waals surface area contributed by atoms with E-state index in [4.69, 9.17) is 17.0 Å². The van der Waals surface area contributed by atoms with Crippen LogP contribution < -0.4 is 15.0 Å². The van der Waals surface area contributed by atoms with Crippen molar-refractivity contribution < 1.29 is 9.66 Å². The van der Waals surface area contributed by atoms with Crippen molar-refractivity contribution in [3.05, 3.63) is 137 Å². The number of ether oxygens (including phenoxy) is 1. The number of benzene rings is 3. The lowest BCUT2D eigenvalue weighted by Crippen LogP contribution is -2.30. The van der Waals surface area contributed by atoms with E-state index in [-0.39, 0.29) is 17.8 Å². The zero-order valence-electron chi connectivity index (χ0n) is 22.0. The molecular weight excluding hydrogens is 555 g/mol. The Morgan fingerprint density at radius 2 is 1.68 bits per heavy atom. The first-order valence-electron chi connectivity index (χ1n) is 12.9. The summed E-state index contributed by atoms with van der Waals surface area (Å²) in [5.41, 5.74) is 3.94. The van der Waals surface area contributed by atoms with Crippen LogP contribution in [0.1, 0.15) is 23.5 Å². The topological polar surface area (TPSA) is 85.5 Å². The number of methoxy groups -OCH3 is 1. The third-order valence-electron chi connectivity index (χ3n) is 6.91. The summed E-state index contributed by atoms with van der Waals surface area (Å²) in [5.74, 6) is 0.779. The molecule has 1 saturated heterocycles. The van der Waals surface area contributed by atoms with Crippen molar-refractivity contribution in [3.8, 4) is 11.4 Å². The molecule has 2 aromatic heterocycles. The van der Waals surface area contributed by atoms with Crippen molar-refractivity contribution >= 4 is 40.5 Å². The Morgan fingerprint density at radius 3 is 2.37 bits per heavy atom. The van der Waals surface area contributed by atoms with Gasteiger partial charge < -0.3 is 19.5 Å². The summed E-state index contributed by atoms with van der Waals surface area (Å²) in [6.07, 6.45) is 3.84. The molecule has 1 aliphatic rings. The number of hydrogen-bond donors (Lipinski definition) is 1. The van der Waals surface area contributed by atoms with Gasteiger partial charge in [0.15, 0.2) is 5.11 Å². The van der Waals surface area contributed by atoms with Crippen LogP contribution in [0.4, 0.5) is 11.4 Å². The number of anilines is 1. The standard InChI is InChI=1S/C31H25N5O3S2/c1-39-24-7-4-6-23(20-24)34-19-5-9-28(34)30-29(27-8-2-3-18-32-27)33-31(40)35(30)21-10-14-25(15-11-21)41-26-16-12-22(13-17-26)36(37)38/h2-20,29-30H,1H3,(H,33,40). The molecule has 3 heterocycles. The van der Waals surface area contributed by atoms with Crippen LogP contribution in [-0.4, -0.2) is 26.7 Å². The summed E-state index contributed by atoms with van der Waals surface area (Å²) < 4.78 is 7.64. The molecule has 0 radical (unpaired) electrons. The molecule has 41 heavy (non-hydrogen) atoms. The maximum absolute atomic E-state index is 11.0. The van der Waals surface area contributed by atoms with Crippen LogP contribution in [0.2, 0.25) is 0 Å². The van der Waals surface area contributed by atoms with Crippen molar-refractivity contribution in [1.82, 2.24) is 14.9 Å². The van der Waals surface area contributed by atoms with Gasteiger partial charge in [0.2, 0.25) is 0 Å². The van der Waals surface area contributed by atoms with Crippen LogP contribution in [0.15, 0.2) is 125 Å². The summed E-state index contributed by atoms with van der Waals surface area (Å²) in [6, 6.07) is 32.4. The molecular formula is C31H25N5O3S2. The Hall–Kier alpha value is -4.67. The minimum atomic E-state index is -0.393. The van der Waals surface area contributed by atoms with Gasteiger partial charge in [-0.1, -0.05) is 23.9 Å². The van der Waals surface area contributed by atoms with Crippen molar-refractivity contribution in [3.63, 3.8) is 0 Å². The highest BCUT2D eigenvalue weighted by Gasteiger charge is 2.42. The third-order valence-corrected chi connectivity index (χ3v) is 8.24. The minimum absolute atomic E-state index is 0.0759. The molecule has 5 aromatic rings. The summed E-state index contributed by atoms with van der Waals surface area (Å²) in [5, 5.41) is 15.1. The predicted octanol–water partition coefficient (Wildman–Crippen LogP) is 7.12. The molecule has 0 bridgehead atoms. The lowest BCUT2D eigenvalue weighted by atomic mass is 10.0. The van der Waals surface area contributed by atoms with E-state index < -0.39 is 4.92 Å². The molecule has 2 unspecified atom stereocenters. The highest BCUT2D eigenvalue weighted by Crippen LogP contribution is 2.43. The Bertz CT molecular complexity index is 1690. The summed E-state index contributed by atoms with van der Waals surface area (Å²) in [4.78, 5) is 19.3. The van der Waals surface area contributed by atoms with E-state index in [1.807, 2.05) is 72.9 Å². The van der Waals surface area contributed by atoms with Gasteiger partial charge >= 0.3 is 0 Å². The molecule has 1 aliphatic heterocycles. The first kappa shape index (κ1) is 26.5. The van der Waals surface area contributed by atoms with Gasteiger partial charge in [-0.25, -0.2) is 0 Å². The van der Waals surface area contributed by atoms with Crippen LogP contribution in [0.25, 0.3) is 5.69 Å². The molecule has 1 N–H and O–H groups in total. The van der Waals surface area contributed by atoms with Crippen LogP contribution in [-0.2, 0) is 0 Å². The fraction of sp³-hybridized carbons (Fsp3) is 0.0968. The number of thiocarbonyl (C=S) groups is 1. The SMILES string of the molecule is COc1cccc(-n2cccc2C2C(c3ccccn3)NC(=S)N2c2ccc(Sc3ccc([N+](=O)[O-])cc3)cc2)c1. The predicted molar refractivity (Wildman–Crippen MR) is 164 cm³/mol. The molecule has 1 fully saturated rings. The van der Waals surface area contributed by atoms with E-state index in [0.717, 1.165) is 38.3 Å². The van der Waals surface area contributed by atoms with E-state index in [0.29, 0.717) is 5.11 Å². The Balaban J connectivity index is 1.36. The molecule has 8 nitrogen and oxygen atoms in total. The second-order valence-corrected chi connectivity index (χ2v) is 10.9. The average Bonchev–Trinajstić information content (AvgIpc) is 3.63. The lowest BCUT2D eigenvalue weighted by Gasteiger charge is -2.29. The number of non-ortho nitro benzene ring substituents is 1. The van der Waals surface area contributed by atoms with Gasteiger partial charge in [0, 0.05) is 57.5 Å². The number of rotatable bonds is 8. The van der Waals surface area contributed by atoms with Gasteiger partial charge in [0.05, 0.1) is 23.8 Å². The van der Waals surface area contributed by atoms with Crippen LogP contribution in [0.3, 0.4) is 0 Å². The van der Waals surface area contributed by atoms with E-state index >= 15 is 0 Å². The maximum Gasteiger partial charge on any atom is 0.269 e. The molecule has 2 atom stereocenters. The number of nitro benzene ring substituents is 1. The largest absolute Gasteiger partial charge is 0.497 e. The number of nitrogens with zero attached hydrogens (tertiary/aromatic N) is 4. The first-order chi connectivity index (χ1) is 20.0.